The van der Waals surface area contributed by atoms with Crippen molar-refractivity contribution in [3.63, 3.8) is 0 Å². The van der Waals surface area contributed by atoms with E-state index in [2.05, 4.69) is 4.98 Å². The summed E-state index contributed by atoms with van der Waals surface area (Å²) in [6.45, 7) is 0. The lowest BCUT2D eigenvalue weighted by atomic mass is 10.3. The van der Waals surface area contributed by atoms with Crippen molar-refractivity contribution in [2.24, 2.45) is 0 Å². The molecule has 0 radical (unpaired) electrons. The first-order chi connectivity index (χ1) is 7.07. The molecule has 2 heterocycles. The highest BCUT2D eigenvalue weighted by Crippen LogP contribution is 2.25. The first kappa shape index (κ1) is 10.7. The maximum absolute atomic E-state index is 11.2. The van der Waals surface area contributed by atoms with Crippen LogP contribution in [0.1, 0.15) is 6.42 Å². The van der Waals surface area contributed by atoms with Gasteiger partial charge in [-0.05, 0) is 18.6 Å². The zero-order valence-corrected chi connectivity index (χ0v) is 9.46. The predicted molar refractivity (Wildman–Crippen MR) is 56.9 cm³/mol. The lowest BCUT2D eigenvalue weighted by molar-refractivity contribution is 0.228. The molecule has 2 rings (SSSR count). The van der Waals surface area contributed by atoms with E-state index in [1.807, 2.05) is 0 Å². The van der Waals surface area contributed by atoms with Crippen LogP contribution in [0.4, 0.5) is 0 Å². The van der Waals surface area contributed by atoms with Gasteiger partial charge in [0.2, 0.25) is 0 Å². The van der Waals surface area contributed by atoms with E-state index in [1.54, 1.807) is 18.3 Å². The van der Waals surface area contributed by atoms with E-state index in [0.717, 1.165) is 0 Å². The van der Waals surface area contributed by atoms with Gasteiger partial charge in [0, 0.05) is 6.20 Å². The van der Waals surface area contributed by atoms with Crippen LogP contribution in [0.5, 0.6) is 5.75 Å². The minimum atomic E-state index is -2.92. The van der Waals surface area contributed by atoms with Gasteiger partial charge in [0.1, 0.15) is 6.10 Å². The molecule has 1 saturated heterocycles. The Hall–Kier alpha value is -0.810. The molecule has 1 aromatic heterocycles. The molecular formula is C9H10ClNO3S. The van der Waals surface area contributed by atoms with E-state index >= 15 is 0 Å². The van der Waals surface area contributed by atoms with E-state index in [4.69, 9.17) is 16.3 Å². The fraction of sp³-hybridized carbons (Fsp3) is 0.444. The molecule has 0 bridgehead atoms. The van der Waals surface area contributed by atoms with Crippen LogP contribution >= 0.6 is 11.6 Å². The second-order valence-corrected chi connectivity index (χ2v) is 6.02. The molecule has 0 aromatic carbocycles. The highest BCUT2D eigenvalue weighted by Gasteiger charge is 2.29. The largest absolute Gasteiger partial charge is 0.486 e. The minimum absolute atomic E-state index is 0.0677. The average Bonchev–Trinajstić information content (AvgIpc) is 2.50. The standard InChI is InChI=1S/C9H10ClNO3S/c10-9-8(2-1-4-11-9)14-7-3-5-15(12,13)6-7/h1-2,4,7H,3,5-6H2. The van der Waals surface area contributed by atoms with Gasteiger partial charge in [0.25, 0.3) is 0 Å². The molecule has 0 amide bonds. The molecule has 4 nitrogen and oxygen atoms in total. The summed E-state index contributed by atoms with van der Waals surface area (Å²) in [5, 5.41) is 0.266. The molecule has 15 heavy (non-hydrogen) atoms. The summed E-state index contributed by atoms with van der Waals surface area (Å²) < 4.78 is 27.8. The van der Waals surface area contributed by atoms with Gasteiger partial charge in [-0.3, -0.25) is 0 Å². The number of sulfone groups is 1. The molecule has 1 aromatic rings. The molecule has 6 heteroatoms. The van der Waals surface area contributed by atoms with Crippen LogP contribution in [0.15, 0.2) is 18.3 Å². The Labute approximate surface area is 93.1 Å². The van der Waals surface area contributed by atoms with Crippen molar-refractivity contribution in [1.29, 1.82) is 0 Å². The van der Waals surface area contributed by atoms with E-state index in [1.165, 1.54) is 0 Å². The second kappa shape index (κ2) is 3.98. The van der Waals surface area contributed by atoms with Gasteiger partial charge in [-0.15, -0.1) is 0 Å². The molecule has 0 N–H and O–H groups in total. The predicted octanol–water partition coefficient (Wildman–Crippen LogP) is 1.30. The Bertz CT molecular complexity index is 460. The molecule has 82 valence electrons. The normalized spacial score (nSPS) is 23.9. The Morgan fingerprint density at radius 3 is 2.93 bits per heavy atom. The molecule has 0 saturated carbocycles. The van der Waals surface area contributed by atoms with Crippen LogP contribution in [0.3, 0.4) is 0 Å². The zero-order valence-electron chi connectivity index (χ0n) is 7.89. The Morgan fingerprint density at radius 1 is 1.53 bits per heavy atom. The fourth-order valence-electron chi connectivity index (χ4n) is 1.49. The SMILES string of the molecule is O=S1(=O)CCC(Oc2cccnc2Cl)C1. The molecule has 1 unspecified atom stereocenters. The first-order valence-corrected chi connectivity index (χ1v) is 6.74. The lowest BCUT2D eigenvalue weighted by Crippen LogP contribution is -2.17. The third-order valence-electron chi connectivity index (χ3n) is 2.21. The highest BCUT2D eigenvalue weighted by atomic mass is 35.5. The number of halogens is 1. The molecule has 0 spiro atoms. The van der Waals surface area contributed by atoms with Crippen molar-refractivity contribution in [3.8, 4) is 5.75 Å². The van der Waals surface area contributed by atoms with Crippen LogP contribution in [-0.2, 0) is 9.84 Å². The number of hydrogen-bond acceptors (Lipinski definition) is 4. The molecular weight excluding hydrogens is 238 g/mol. The molecule has 1 aliphatic heterocycles. The van der Waals surface area contributed by atoms with Gasteiger partial charge >= 0.3 is 0 Å². The van der Waals surface area contributed by atoms with Gasteiger partial charge in [0.05, 0.1) is 11.5 Å². The quantitative estimate of drug-likeness (QED) is 0.740. The number of aromatic nitrogens is 1. The Morgan fingerprint density at radius 2 is 2.33 bits per heavy atom. The number of nitrogens with zero attached hydrogens (tertiary/aromatic N) is 1. The number of pyridine rings is 1. The maximum atomic E-state index is 11.2. The fourth-order valence-corrected chi connectivity index (χ4v) is 3.25. The summed E-state index contributed by atoms with van der Waals surface area (Å²) in [5.41, 5.74) is 0. The van der Waals surface area contributed by atoms with Gasteiger partial charge in [-0.25, -0.2) is 13.4 Å². The van der Waals surface area contributed by atoms with E-state index in [0.29, 0.717) is 12.2 Å². The number of ether oxygens (including phenoxy) is 1. The lowest BCUT2D eigenvalue weighted by Gasteiger charge is -2.11. The number of hydrogen-bond donors (Lipinski definition) is 0. The van der Waals surface area contributed by atoms with E-state index in [-0.39, 0.29) is 22.8 Å². The van der Waals surface area contributed by atoms with Crippen molar-refractivity contribution in [1.82, 2.24) is 4.98 Å². The maximum Gasteiger partial charge on any atom is 0.171 e. The van der Waals surface area contributed by atoms with Crippen molar-refractivity contribution in [2.45, 2.75) is 12.5 Å². The average molecular weight is 248 g/mol. The van der Waals surface area contributed by atoms with E-state index < -0.39 is 9.84 Å². The van der Waals surface area contributed by atoms with Crippen molar-refractivity contribution in [3.05, 3.63) is 23.5 Å². The van der Waals surface area contributed by atoms with Crippen LogP contribution < -0.4 is 4.74 Å². The summed E-state index contributed by atoms with van der Waals surface area (Å²) >= 11 is 5.79. The van der Waals surface area contributed by atoms with Crippen LogP contribution in [0.25, 0.3) is 0 Å². The second-order valence-electron chi connectivity index (χ2n) is 3.44. The third kappa shape index (κ3) is 2.60. The van der Waals surface area contributed by atoms with Crippen molar-refractivity contribution in [2.75, 3.05) is 11.5 Å². The van der Waals surface area contributed by atoms with Crippen LogP contribution in [0.2, 0.25) is 5.15 Å². The summed E-state index contributed by atoms with van der Waals surface area (Å²) in [7, 11) is -2.92. The summed E-state index contributed by atoms with van der Waals surface area (Å²) in [4.78, 5) is 3.85. The van der Waals surface area contributed by atoms with Gasteiger partial charge in [0.15, 0.2) is 20.7 Å². The monoisotopic (exact) mass is 247 g/mol. The Balaban J connectivity index is 2.08. The van der Waals surface area contributed by atoms with Crippen LogP contribution in [-0.4, -0.2) is 31.0 Å². The smallest absolute Gasteiger partial charge is 0.171 e. The van der Waals surface area contributed by atoms with Crippen LogP contribution in [0, 0.1) is 0 Å². The van der Waals surface area contributed by atoms with Gasteiger partial charge < -0.3 is 4.74 Å². The molecule has 1 aliphatic rings. The molecule has 1 atom stereocenters. The zero-order chi connectivity index (χ0) is 10.9. The van der Waals surface area contributed by atoms with Crippen molar-refractivity contribution < 1.29 is 13.2 Å². The summed E-state index contributed by atoms with van der Waals surface area (Å²) in [6.07, 6.45) is 1.78. The number of rotatable bonds is 2. The van der Waals surface area contributed by atoms with Gasteiger partial charge in [-0.1, -0.05) is 11.6 Å². The Kier molecular flexibility index (Phi) is 2.84. The first-order valence-electron chi connectivity index (χ1n) is 4.54. The highest BCUT2D eigenvalue weighted by molar-refractivity contribution is 7.91. The molecule has 0 aliphatic carbocycles. The van der Waals surface area contributed by atoms with Gasteiger partial charge in [-0.2, -0.15) is 0 Å². The molecule has 1 fully saturated rings. The minimum Gasteiger partial charge on any atom is -0.486 e. The third-order valence-corrected chi connectivity index (χ3v) is 4.23. The summed E-state index contributed by atoms with van der Waals surface area (Å²) in [5.74, 6) is 0.703. The van der Waals surface area contributed by atoms with Crippen molar-refractivity contribution >= 4 is 21.4 Å². The van der Waals surface area contributed by atoms with E-state index in [9.17, 15) is 8.42 Å². The summed E-state index contributed by atoms with van der Waals surface area (Å²) in [6, 6.07) is 3.38. The topological polar surface area (TPSA) is 56.3 Å².